The summed E-state index contributed by atoms with van der Waals surface area (Å²) < 4.78 is 15.9. The summed E-state index contributed by atoms with van der Waals surface area (Å²) in [6.07, 6.45) is -0.186. The van der Waals surface area contributed by atoms with Crippen LogP contribution in [-0.4, -0.2) is 79.0 Å². The Morgan fingerprint density at radius 2 is 1.23 bits per heavy atom. The Morgan fingerprint density at radius 3 is 1.62 bits per heavy atom. The number of ether oxygens (including phenoxy) is 3. The van der Waals surface area contributed by atoms with E-state index in [9.17, 15) is 14.7 Å². The van der Waals surface area contributed by atoms with Gasteiger partial charge in [0.25, 0.3) is 0 Å². The van der Waals surface area contributed by atoms with Gasteiger partial charge in [-0.15, -0.1) is 0 Å². The molecular formula is C38H64N4O6. The van der Waals surface area contributed by atoms with Crippen LogP contribution in [-0.2, 0) is 27.1 Å². The largest absolute Gasteiger partial charge is 0.444 e. The summed E-state index contributed by atoms with van der Waals surface area (Å²) in [6.45, 7) is 22.2. The minimum atomic E-state index is -0.698. The van der Waals surface area contributed by atoms with E-state index >= 15 is 0 Å². The molecule has 4 atom stereocenters. The van der Waals surface area contributed by atoms with Gasteiger partial charge in [0.05, 0.1) is 24.8 Å². The molecule has 1 aliphatic heterocycles. The molecule has 0 saturated carbocycles. The molecule has 1 aliphatic rings. The maximum Gasteiger partial charge on any atom is 0.407 e. The molecule has 1 saturated heterocycles. The number of hydrogen-bond acceptors (Lipinski definition) is 8. The van der Waals surface area contributed by atoms with Crippen molar-refractivity contribution in [1.82, 2.24) is 16.0 Å². The number of hydrogen-bond donors (Lipinski definition) is 5. The molecule has 2 aromatic rings. The summed E-state index contributed by atoms with van der Waals surface area (Å²) in [6, 6.07) is 19.4. The summed E-state index contributed by atoms with van der Waals surface area (Å²) in [5, 5.41) is 19.4. The third-order valence-corrected chi connectivity index (χ3v) is 6.65. The van der Waals surface area contributed by atoms with E-state index in [1.165, 1.54) is 5.56 Å². The number of aliphatic hydroxyl groups excluding tert-OH is 1. The van der Waals surface area contributed by atoms with E-state index < -0.39 is 29.4 Å². The molecule has 0 unspecified atom stereocenters. The molecule has 6 N–H and O–H groups in total. The van der Waals surface area contributed by atoms with Gasteiger partial charge in [-0.05, 0) is 90.4 Å². The number of aliphatic hydroxyl groups is 1. The molecule has 272 valence electrons. The highest BCUT2D eigenvalue weighted by Crippen LogP contribution is 2.19. The highest BCUT2D eigenvalue weighted by atomic mass is 16.6. The Kier molecular flexibility index (Phi) is 19.4. The van der Waals surface area contributed by atoms with Gasteiger partial charge in [0.1, 0.15) is 17.3 Å². The number of rotatable bonds is 13. The number of carbonyl (C=O) groups excluding carboxylic acids is 2. The van der Waals surface area contributed by atoms with Gasteiger partial charge in [-0.2, -0.15) is 0 Å². The smallest absolute Gasteiger partial charge is 0.407 e. The maximum atomic E-state index is 12.1. The van der Waals surface area contributed by atoms with Crippen molar-refractivity contribution >= 4 is 12.2 Å². The molecule has 0 radical (unpaired) electrons. The third kappa shape index (κ3) is 22.4. The number of nitrogens with two attached hydrogens (primary N) is 1. The van der Waals surface area contributed by atoms with Crippen molar-refractivity contribution in [2.45, 2.75) is 118 Å². The van der Waals surface area contributed by atoms with Crippen molar-refractivity contribution in [3.63, 3.8) is 0 Å². The first-order valence-corrected chi connectivity index (χ1v) is 17.2. The zero-order valence-electron chi connectivity index (χ0n) is 31.0. The Morgan fingerprint density at radius 1 is 0.792 bits per heavy atom. The molecule has 48 heavy (non-hydrogen) atoms. The van der Waals surface area contributed by atoms with E-state index in [1.807, 2.05) is 102 Å². The fourth-order valence-electron chi connectivity index (χ4n) is 4.16. The molecule has 0 bridgehead atoms. The summed E-state index contributed by atoms with van der Waals surface area (Å²) in [4.78, 5) is 23.9. The molecule has 0 aromatic heterocycles. The topological polar surface area (TPSA) is 147 Å². The lowest BCUT2D eigenvalue weighted by atomic mass is 10.0. The van der Waals surface area contributed by atoms with Crippen LogP contribution in [0.5, 0.6) is 0 Å². The average molecular weight is 673 g/mol. The zero-order chi connectivity index (χ0) is 36.3. The first-order valence-electron chi connectivity index (χ1n) is 17.2. The van der Waals surface area contributed by atoms with Gasteiger partial charge in [-0.1, -0.05) is 88.4 Å². The lowest BCUT2D eigenvalue weighted by molar-refractivity contribution is 0.0420. The van der Waals surface area contributed by atoms with E-state index in [2.05, 4.69) is 43.6 Å². The summed E-state index contributed by atoms with van der Waals surface area (Å²) >= 11 is 0. The van der Waals surface area contributed by atoms with Crippen LogP contribution >= 0.6 is 0 Å². The number of benzene rings is 2. The lowest BCUT2D eigenvalue weighted by Crippen LogP contribution is -2.50. The standard InChI is InChI=1S/C19H32N2O3.C15H21NO3.C4H11N/c1-14(2)12-20-13-17(22)16(11-15-9-7-6-8-10-15)21-18(23)24-19(3,4)5;1-15(2,3)19-14(17)16-12(13-10-18-13)9-11-7-5-4-6-8-11;1-4(2)3-5/h6-10,14,16-17,20,22H,11-13H2,1-5H3,(H,21,23);4-8,12-13H,9-10H2,1-3H3,(H,16,17);4H,3,5H2,1-2H3/t16-,17+;12-,13+;/m00./s1. The number of epoxide rings is 1. The van der Waals surface area contributed by atoms with Crippen LogP contribution in [0.25, 0.3) is 0 Å². The van der Waals surface area contributed by atoms with Crippen molar-refractivity contribution in [2.75, 3.05) is 26.2 Å². The number of alkyl carbamates (subject to hydrolysis) is 2. The summed E-state index contributed by atoms with van der Waals surface area (Å²) in [5.74, 6) is 1.17. The van der Waals surface area contributed by atoms with Gasteiger partial charge >= 0.3 is 12.2 Å². The molecule has 10 nitrogen and oxygen atoms in total. The molecule has 0 spiro atoms. The molecule has 2 amide bonds. The Balaban J connectivity index is 0.000000428. The van der Waals surface area contributed by atoms with Crippen LogP contribution < -0.4 is 21.7 Å². The van der Waals surface area contributed by atoms with Crippen LogP contribution in [0.2, 0.25) is 0 Å². The highest BCUT2D eigenvalue weighted by molar-refractivity contribution is 5.68. The molecule has 10 heteroatoms. The van der Waals surface area contributed by atoms with E-state index in [1.54, 1.807) is 0 Å². The minimum Gasteiger partial charge on any atom is -0.444 e. The van der Waals surface area contributed by atoms with Crippen molar-refractivity contribution < 1.29 is 28.9 Å². The van der Waals surface area contributed by atoms with Crippen LogP contribution in [0.1, 0.15) is 80.4 Å². The fourth-order valence-corrected chi connectivity index (χ4v) is 4.16. The zero-order valence-corrected chi connectivity index (χ0v) is 31.0. The van der Waals surface area contributed by atoms with E-state index in [-0.39, 0.29) is 18.2 Å². The molecule has 3 rings (SSSR count). The first kappa shape index (κ1) is 42.8. The van der Waals surface area contributed by atoms with E-state index in [0.717, 1.165) is 25.1 Å². The van der Waals surface area contributed by atoms with Crippen molar-refractivity contribution in [3.8, 4) is 0 Å². The quantitative estimate of drug-likeness (QED) is 0.167. The summed E-state index contributed by atoms with van der Waals surface area (Å²) in [5.41, 5.74) is 6.36. The van der Waals surface area contributed by atoms with Gasteiger partial charge in [0.2, 0.25) is 0 Å². The third-order valence-electron chi connectivity index (χ3n) is 6.65. The first-order chi connectivity index (χ1) is 22.4. The highest BCUT2D eigenvalue weighted by Gasteiger charge is 2.35. The molecule has 0 aliphatic carbocycles. The Labute approximate surface area is 289 Å². The van der Waals surface area contributed by atoms with Crippen LogP contribution in [0, 0.1) is 11.8 Å². The molecule has 1 heterocycles. The van der Waals surface area contributed by atoms with Crippen LogP contribution in [0.15, 0.2) is 60.7 Å². The Hall–Kier alpha value is -3.18. The monoisotopic (exact) mass is 672 g/mol. The fraction of sp³-hybridized carbons (Fsp3) is 0.632. The van der Waals surface area contributed by atoms with E-state index in [0.29, 0.717) is 31.4 Å². The second kappa shape index (κ2) is 21.7. The number of nitrogens with one attached hydrogen (secondary N) is 3. The van der Waals surface area contributed by atoms with E-state index in [4.69, 9.17) is 19.9 Å². The lowest BCUT2D eigenvalue weighted by Gasteiger charge is -2.27. The molecule has 1 fully saturated rings. The van der Waals surface area contributed by atoms with Gasteiger partial charge in [-0.3, -0.25) is 0 Å². The molecular weight excluding hydrogens is 608 g/mol. The Bertz CT molecular complexity index is 1150. The second-order valence-electron chi connectivity index (χ2n) is 15.0. The normalized spacial score (nSPS) is 15.9. The second-order valence-corrected chi connectivity index (χ2v) is 15.0. The average Bonchev–Trinajstić information content (AvgIpc) is 3.82. The van der Waals surface area contributed by atoms with Crippen LogP contribution in [0.3, 0.4) is 0 Å². The van der Waals surface area contributed by atoms with Gasteiger partial charge < -0.3 is 41.0 Å². The number of carbonyl (C=O) groups is 2. The van der Waals surface area contributed by atoms with Gasteiger partial charge in [-0.25, -0.2) is 9.59 Å². The van der Waals surface area contributed by atoms with Gasteiger partial charge in [0.15, 0.2) is 0 Å². The van der Waals surface area contributed by atoms with Crippen molar-refractivity contribution in [1.29, 1.82) is 0 Å². The maximum absolute atomic E-state index is 12.1. The predicted molar refractivity (Wildman–Crippen MR) is 194 cm³/mol. The summed E-state index contributed by atoms with van der Waals surface area (Å²) in [7, 11) is 0. The number of amides is 2. The van der Waals surface area contributed by atoms with Crippen molar-refractivity contribution in [3.05, 3.63) is 71.8 Å². The van der Waals surface area contributed by atoms with Crippen molar-refractivity contribution in [2.24, 2.45) is 17.6 Å². The molecule has 2 aromatic carbocycles. The van der Waals surface area contributed by atoms with Gasteiger partial charge in [0, 0.05) is 6.54 Å². The minimum absolute atomic E-state index is 0.0303. The SMILES string of the molecule is CC(C)(C)OC(=O)N[C@@H](Cc1ccccc1)[C@H]1CO1.CC(C)CN.CC(C)CNC[C@@H](O)[C@H](Cc1ccccc1)NC(=O)OC(C)(C)C. The van der Waals surface area contributed by atoms with Crippen LogP contribution in [0.4, 0.5) is 9.59 Å². The predicted octanol–water partition coefficient (Wildman–Crippen LogP) is 5.85.